The molecule has 1 aliphatic carbocycles. The fourth-order valence-electron chi connectivity index (χ4n) is 5.10. The standard InChI is InChI=1S/C30H28Cl2N6O4/c1-38-26(35-36-37-38)20-10-6-19(7-11-20)17-30(14-3-15-30)29(42)34-24(28(40)41)16-18-8-12-21(13-9-18)33-27(39)25-22(31)4-2-5-23(25)32/h2,4-13,24H,3,14-17H2,1H3,(H,33,39)(H,34,42)(H,40,41)/t24-/m0/s1. The molecule has 10 nitrogen and oxygen atoms in total. The van der Waals surface area contributed by atoms with Gasteiger partial charge in [0.25, 0.3) is 5.91 Å². The number of aliphatic carboxylic acids is 1. The molecule has 1 saturated carbocycles. The van der Waals surface area contributed by atoms with E-state index in [1.54, 1.807) is 54.2 Å². The Morgan fingerprint density at radius 3 is 2.17 bits per heavy atom. The van der Waals surface area contributed by atoms with E-state index in [0.717, 1.165) is 17.5 Å². The number of anilines is 1. The van der Waals surface area contributed by atoms with Crippen molar-refractivity contribution in [2.24, 2.45) is 12.5 Å². The number of amides is 2. The Hall–Kier alpha value is -4.28. The molecule has 0 aliphatic heterocycles. The zero-order chi connectivity index (χ0) is 29.9. The van der Waals surface area contributed by atoms with Gasteiger partial charge in [-0.15, -0.1) is 5.10 Å². The highest BCUT2D eigenvalue weighted by molar-refractivity contribution is 6.40. The predicted molar refractivity (Wildman–Crippen MR) is 158 cm³/mol. The van der Waals surface area contributed by atoms with E-state index in [9.17, 15) is 19.5 Å². The van der Waals surface area contributed by atoms with Crippen LogP contribution >= 0.6 is 23.2 Å². The summed E-state index contributed by atoms with van der Waals surface area (Å²) in [5.41, 5.74) is 2.53. The number of hydrogen-bond acceptors (Lipinski definition) is 6. The van der Waals surface area contributed by atoms with E-state index in [-0.39, 0.29) is 27.9 Å². The van der Waals surface area contributed by atoms with Crippen LogP contribution in [-0.4, -0.2) is 49.1 Å². The summed E-state index contributed by atoms with van der Waals surface area (Å²) < 4.78 is 1.59. The molecule has 0 radical (unpaired) electrons. The predicted octanol–water partition coefficient (Wildman–Crippen LogP) is 4.96. The van der Waals surface area contributed by atoms with Crippen molar-refractivity contribution >= 4 is 46.7 Å². The number of carbonyl (C=O) groups is 3. The van der Waals surface area contributed by atoms with Gasteiger partial charge in [-0.1, -0.05) is 72.1 Å². The van der Waals surface area contributed by atoms with Crippen LogP contribution in [0.3, 0.4) is 0 Å². The van der Waals surface area contributed by atoms with Crippen LogP contribution in [0.1, 0.15) is 40.7 Å². The summed E-state index contributed by atoms with van der Waals surface area (Å²) in [7, 11) is 1.76. The Labute approximate surface area is 252 Å². The van der Waals surface area contributed by atoms with E-state index in [1.807, 2.05) is 24.3 Å². The molecule has 0 saturated heterocycles. The smallest absolute Gasteiger partial charge is 0.326 e. The molecular formula is C30H28Cl2N6O4. The van der Waals surface area contributed by atoms with Crippen molar-refractivity contribution in [2.75, 3.05) is 5.32 Å². The van der Waals surface area contributed by atoms with Gasteiger partial charge in [-0.25, -0.2) is 9.48 Å². The number of aromatic nitrogens is 4. The molecule has 1 aromatic heterocycles. The first-order valence-electron chi connectivity index (χ1n) is 13.3. The van der Waals surface area contributed by atoms with Crippen LogP contribution in [0.5, 0.6) is 0 Å². The highest BCUT2D eigenvalue weighted by atomic mass is 35.5. The normalized spacial score (nSPS) is 14.5. The minimum atomic E-state index is -1.12. The largest absolute Gasteiger partial charge is 0.480 e. The molecule has 1 aliphatic rings. The number of nitrogens with one attached hydrogen (secondary N) is 2. The van der Waals surface area contributed by atoms with Crippen molar-refractivity contribution in [3.05, 3.63) is 93.5 Å². The van der Waals surface area contributed by atoms with Gasteiger partial charge in [0.2, 0.25) is 5.91 Å². The molecule has 0 bridgehead atoms. The van der Waals surface area contributed by atoms with Crippen LogP contribution in [0, 0.1) is 5.41 Å². The van der Waals surface area contributed by atoms with Gasteiger partial charge in [0.1, 0.15) is 6.04 Å². The maximum atomic E-state index is 13.4. The number of halogens is 2. The van der Waals surface area contributed by atoms with Crippen molar-refractivity contribution in [1.29, 1.82) is 0 Å². The lowest BCUT2D eigenvalue weighted by Crippen LogP contribution is -2.53. The zero-order valence-electron chi connectivity index (χ0n) is 22.7. The average Bonchev–Trinajstić information content (AvgIpc) is 3.37. The minimum absolute atomic E-state index is 0.0855. The van der Waals surface area contributed by atoms with Crippen LogP contribution in [-0.2, 0) is 29.5 Å². The molecule has 3 aromatic carbocycles. The molecular weight excluding hydrogens is 579 g/mol. The maximum Gasteiger partial charge on any atom is 0.326 e. The second-order valence-corrected chi connectivity index (χ2v) is 11.3. The van der Waals surface area contributed by atoms with E-state index in [0.29, 0.717) is 36.3 Å². The average molecular weight is 607 g/mol. The molecule has 4 aromatic rings. The fraction of sp³-hybridized carbons (Fsp3) is 0.267. The van der Waals surface area contributed by atoms with Gasteiger partial charge < -0.3 is 15.7 Å². The third-order valence-corrected chi connectivity index (χ3v) is 8.24. The molecule has 2 amide bonds. The third kappa shape index (κ3) is 6.29. The van der Waals surface area contributed by atoms with Gasteiger partial charge in [0, 0.05) is 24.7 Å². The summed E-state index contributed by atoms with van der Waals surface area (Å²) in [6.45, 7) is 0. The van der Waals surface area contributed by atoms with Crippen molar-refractivity contribution in [3.63, 3.8) is 0 Å². The van der Waals surface area contributed by atoms with Crippen molar-refractivity contribution in [1.82, 2.24) is 25.5 Å². The summed E-state index contributed by atoms with van der Waals surface area (Å²) in [5, 5.41) is 27.4. The first kappa shape index (κ1) is 29.2. The fourth-order valence-corrected chi connectivity index (χ4v) is 5.67. The van der Waals surface area contributed by atoms with Gasteiger partial charge in [0.15, 0.2) is 5.82 Å². The minimum Gasteiger partial charge on any atom is -0.480 e. The van der Waals surface area contributed by atoms with E-state index < -0.39 is 23.3 Å². The second kappa shape index (κ2) is 12.3. The van der Waals surface area contributed by atoms with Gasteiger partial charge in [-0.2, -0.15) is 0 Å². The van der Waals surface area contributed by atoms with E-state index in [2.05, 4.69) is 26.2 Å². The quantitative estimate of drug-likeness (QED) is 0.232. The molecule has 1 heterocycles. The Bertz CT molecular complexity index is 1600. The van der Waals surface area contributed by atoms with Crippen LogP contribution in [0.4, 0.5) is 5.69 Å². The van der Waals surface area contributed by atoms with Gasteiger partial charge in [0.05, 0.1) is 21.0 Å². The second-order valence-electron chi connectivity index (χ2n) is 10.4. The monoisotopic (exact) mass is 606 g/mol. The Balaban J connectivity index is 1.22. The lowest BCUT2D eigenvalue weighted by Gasteiger charge is -2.41. The first-order chi connectivity index (χ1) is 20.1. The number of nitrogens with zero attached hydrogens (tertiary/aromatic N) is 4. The Morgan fingerprint density at radius 1 is 0.976 bits per heavy atom. The van der Waals surface area contributed by atoms with Crippen LogP contribution in [0.25, 0.3) is 11.4 Å². The van der Waals surface area contributed by atoms with Gasteiger partial charge in [-0.05, 0) is 65.1 Å². The molecule has 216 valence electrons. The molecule has 3 N–H and O–H groups in total. The van der Waals surface area contributed by atoms with Crippen molar-refractivity contribution in [3.8, 4) is 11.4 Å². The van der Waals surface area contributed by atoms with Crippen LogP contribution in [0.15, 0.2) is 66.7 Å². The third-order valence-electron chi connectivity index (χ3n) is 7.61. The number of benzene rings is 3. The molecule has 12 heteroatoms. The van der Waals surface area contributed by atoms with Crippen LogP contribution in [0.2, 0.25) is 10.0 Å². The molecule has 1 fully saturated rings. The number of carbonyl (C=O) groups excluding carboxylic acids is 2. The molecule has 42 heavy (non-hydrogen) atoms. The van der Waals surface area contributed by atoms with E-state index >= 15 is 0 Å². The van der Waals surface area contributed by atoms with Gasteiger partial charge >= 0.3 is 5.97 Å². The van der Waals surface area contributed by atoms with Gasteiger partial charge in [-0.3, -0.25) is 9.59 Å². The van der Waals surface area contributed by atoms with Crippen molar-refractivity contribution < 1.29 is 19.5 Å². The number of hydrogen-bond donors (Lipinski definition) is 3. The SMILES string of the molecule is Cn1nnnc1-c1ccc(CC2(C(=O)N[C@@H](Cc3ccc(NC(=O)c4c(Cl)cccc4Cl)cc3)C(=O)O)CCC2)cc1. The number of rotatable bonds is 10. The van der Waals surface area contributed by atoms with E-state index in [4.69, 9.17) is 23.2 Å². The number of tetrazole rings is 1. The summed E-state index contributed by atoms with van der Waals surface area (Å²) in [4.78, 5) is 38.2. The summed E-state index contributed by atoms with van der Waals surface area (Å²) in [5.74, 6) is -1.20. The topological polar surface area (TPSA) is 139 Å². The molecule has 0 unspecified atom stereocenters. The van der Waals surface area contributed by atoms with Crippen molar-refractivity contribution in [2.45, 2.75) is 38.1 Å². The highest BCUT2D eigenvalue weighted by Crippen LogP contribution is 2.44. The molecule has 5 rings (SSSR count). The summed E-state index contributed by atoms with van der Waals surface area (Å²) in [6, 6.07) is 18.2. The Kier molecular flexibility index (Phi) is 8.56. The number of carboxylic acids is 1. The maximum absolute atomic E-state index is 13.4. The van der Waals surface area contributed by atoms with Crippen LogP contribution < -0.4 is 10.6 Å². The van der Waals surface area contributed by atoms with E-state index in [1.165, 1.54) is 0 Å². The summed E-state index contributed by atoms with van der Waals surface area (Å²) in [6.07, 6.45) is 2.86. The first-order valence-corrected chi connectivity index (χ1v) is 14.1. The zero-order valence-corrected chi connectivity index (χ0v) is 24.2. The highest BCUT2D eigenvalue weighted by Gasteiger charge is 2.45. The molecule has 0 spiro atoms. The number of aryl methyl sites for hydroxylation is 1. The summed E-state index contributed by atoms with van der Waals surface area (Å²) >= 11 is 12.2. The lowest BCUT2D eigenvalue weighted by atomic mass is 9.64. The lowest BCUT2D eigenvalue weighted by molar-refractivity contribution is -0.145. The Morgan fingerprint density at radius 2 is 1.62 bits per heavy atom. The number of carboxylic acid groups (broad SMARTS) is 1. The molecule has 1 atom stereocenters.